The predicted molar refractivity (Wildman–Crippen MR) is 94.9 cm³/mol. The van der Waals surface area contributed by atoms with Crippen LogP contribution >= 0.6 is 11.8 Å². The summed E-state index contributed by atoms with van der Waals surface area (Å²) in [5, 5.41) is 12.2. The lowest BCUT2D eigenvalue weighted by atomic mass is 10.2. The molecule has 124 valence electrons. The summed E-state index contributed by atoms with van der Waals surface area (Å²) >= 11 is 1.43. The lowest BCUT2D eigenvalue weighted by Crippen LogP contribution is -2.15. The highest BCUT2D eigenvalue weighted by molar-refractivity contribution is 7.99. The number of nitrogens with zero attached hydrogens (tertiary/aromatic N) is 3. The van der Waals surface area contributed by atoms with E-state index in [-0.39, 0.29) is 5.91 Å². The summed E-state index contributed by atoms with van der Waals surface area (Å²) in [6.07, 6.45) is 1.01. The Bertz CT molecular complexity index is 666. The maximum absolute atomic E-state index is 12.1. The van der Waals surface area contributed by atoms with Crippen LogP contribution in [0, 0.1) is 6.92 Å². The molecule has 0 unspecified atom stereocenters. The molecule has 5 nitrogen and oxygen atoms in total. The SMILES string of the molecule is CCCn1c(SCC(=O)Nc2cccc(C)c2)nnc1C(C)C. The van der Waals surface area contributed by atoms with E-state index in [9.17, 15) is 4.79 Å². The number of hydrogen-bond donors (Lipinski definition) is 1. The van der Waals surface area contributed by atoms with Crippen LogP contribution < -0.4 is 5.32 Å². The number of thioether (sulfide) groups is 1. The van der Waals surface area contributed by atoms with Gasteiger partial charge < -0.3 is 9.88 Å². The zero-order valence-electron chi connectivity index (χ0n) is 14.2. The van der Waals surface area contributed by atoms with Gasteiger partial charge in [0, 0.05) is 18.2 Å². The van der Waals surface area contributed by atoms with Crippen molar-refractivity contribution in [1.82, 2.24) is 14.8 Å². The third kappa shape index (κ3) is 4.82. The van der Waals surface area contributed by atoms with E-state index >= 15 is 0 Å². The first-order valence-corrected chi connectivity index (χ1v) is 8.92. The molecule has 2 rings (SSSR count). The van der Waals surface area contributed by atoms with Gasteiger partial charge in [0.2, 0.25) is 5.91 Å². The summed E-state index contributed by atoms with van der Waals surface area (Å²) < 4.78 is 2.12. The van der Waals surface area contributed by atoms with Crippen molar-refractivity contribution >= 4 is 23.4 Å². The molecule has 0 saturated heterocycles. The molecular weight excluding hydrogens is 308 g/mol. The van der Waals surface area contributed by atoms with Crippen molar-refractivity contribution in [1.29, 1.82) is 0 Å². The largest absolute Gasteiger partial charge is 0.325 e. The number of benzene rings is 1. The Morgan fingerprint density at radius 3 is 2.78 bits per heavy atom. The van der Waals surface area contributed by atoms with Crippen LogP contribution in [0.3, 0.4) is 0 Å². The fraction of sp³-hybridized carbons (Fsp3) is 0.471. The number of hydrogen-bond acceptors (Lipinski definition) is 4. The molecule has 1 aromatic heterocycles. The molecule has 1 amide bonds. The number of rotatable bonds is 7. The van der Waals surface area contributed by atoms with Crippen molar-refractivity contribution in [2.75, 3.05) is 11.1 Å². The van der Waals surface area contributed by atoms with E-state index in [4.69, 9.17) is 0 Å². The summed E-state index contributed by atoms with van der Waals surface area (Å²) in [5.74, 6) is 1.60. The molecule has 0 aliphatic heterocycles. The number of anilines is 1. The van der Waals surface area contributed by atoms with Gasteiger partial charge in [-0.15, -0.1) is 10.2 Å². The second-order valence-electron chi connectivity index (χ2n) is 5.85. The summed E-state index contributed by atoms with van der Waals surface area (Å²) in [4.78, 5) is 12.1. The molecule has 0 atom stereocenters. The molecule has 1 heterocycles. The zero-order valence-corrected chi connectivity index (χ0v) is 15.0. The Labute approximate surface area is 141 Å². The Kier molecular flexibility index (Phi) is 6.21. The minimum absolute atomic E-state index is 0.0299. The maximum Gasteiger partial charge on any atom is 0.234 e. The van der Waals surface area contributed by atoms with E-state index in [1.807, 2.05) is 31.2 Å². The van der Waals surface area contributed by atoms with E-state index in [2.05, 4.69) is 40.9 Å². The molecule has 0 aliphatic carbocycles. The third-order valence-corrected chi connectivity index (χ3v) is 4.31. The van der Waals surface area contributed by atoms with Crippen molar-refractivity contribution < 1.29 is 4.79 Å². The molecule has 6 heteroatoms. The van der Waals surface area contributed by atoms with Gasteiger partial charge in [-0.25, -0.2) is 0 Å². The quantitative estimate of drug-likeness (QED) is 0.782. The molecule has 0 spiro atoms. The maximum atomic E-state index is 12.1. The smallest absolute Gasteiger partial charge is 0.234 e. The minimum Gasteiger partial charge on any atom is -0.325 e. The monoisotopic (exact) mass is 332 g/mol. The van der Waals surface area contributed by atoms with Crippen molar-refractivity contribution in [2.24, 2.45) is 0 Å². The second-order valence-corrected chi connectivity index (χ2v) is 6.80. The van der Waals surface area contributed by atoms with Gasteiger partial charge >= 0.3 is 0 Å². The van der Waals surface area contributed by atoms with E-state index in [1.165, 1.54) is 11.8 Å². The van der Waals surface area contributed by atoms with Gasteiger partial charge in [0.15, 0.2) is 5.16 Å². The number of aromatic nitrogens is 3. The Morgan fingerprint density at radius 2 is 2.13 bits per heavy atom. The normalized spacial score (nSPS) is 11.0. The third-order valence-electron chi connectivity index (χ3n) is 3.34. The number of carbonyl (C=O) groups excluding carboxylic acids is 1. The molecule has 0 saturated carbocycles. The van der Waals surface area contributed by atoms with E-state index < -0.39 is 0 Å². The summed E-state index contributed by atoms with van der Waals surface area (Å²) in [6, 6.07) is 7.79. The van der Waals surface area contributed by atoms with Crippen LogP contribution in [-0.2, 0) is 11.3 Å². The topological polar surface area (TPSA) is 59.8 Å². The van der Waals surface area contributed by atoms with Crippen LogP contribution in [0.15, 0.2) is 29.4 Å². The molecule has 2 aromatic rings. The number of nitrogens with one attached hydrogen (secondary N) is 1. The molecule has 1 N–H and O–H groups in total. The van der Waals surface area contributed by atoms with Crippen LogP contribution in [0.25, 0.3) is 0 Å². The highest BCUT2D eigenvalue weighted by Crippen LogP contribution is 2.22. The van der Waals surface area contributed by atoms with Crippen LogP contribution in [-0.4, -0.2) is 26.4 Å². The van der Waals surface area contributed by atoms with Crippen molar-refractivity contribution in [3.63, 3.8) is 0 Å². The van der Waals surface area contributed by atoms with Crippen LogP contribution in [0.2, 0.25) is 0 Å². The molecule has 0 fully saturated rings. The Morgan fingerprint density at radius 1 is 1.35 bits per heavy atom. The highest BCUT2D eigenvalue weighted by atomic mass is 32.2. The van der Waals surface area contributed by atoms with Crippen LogP contribution in [0.4, 0.5) is 5.69 Å². The number of carbonyl (C=O) groups is 1. The van der Waals surface area contributed by atoms with Gasteiger partial charge in [0.1, 0.15) is 5.82 Å². The molecule has 0 bridgehead atoms. The summed E-state index contributed by atoms with van der Waals surface area (Å²) in [7, 11) is 0. The van der Waals surface area contributed by atoms with Gasteiger partial charge in [-0.2, -0.15) is 0 Å². The van der Waals surface area contributed by atoms with E-state index in [0.717, 1.165) is 35.2 Å². The second kappa shape index (κ2) is 8.15. The fourth-order valence-corrected chi connectivity index (χ4v) is 3.09. The van der Waals surface area contributed by atoms with Crippen molar-refractivity contribution in [3.05, 3.63) is 35.7 Å². The zero-order chi connectivity index (χ0) is 16.8. The minimum atomic E-state index is -0.0299. The lowest BCUT2D eigenvalue weighted by molar-refractivity contribution is -0.113. The Hall–Kier alpha value is -1.82. The first-order chi connectivity index (χ1) is 11.0. The number of aryl methyl sites for hydroxylation is 1. The van der Waals surface area contributed by atoms with Crippen molar-refractivity contribution in [3.8, 4) is 0 Å². The number of amides is 1. The predicted octanol–water partition coefficient (Wildman–Crippen LogP) is 3.85. The van der Waals surface area contributed by atoms with Crippen LogP contribution in [0.5, 0.6) is 0 Å². The van der Waals surface area contributed by atoms with Crippen molar-refractivity contribution in [2.45, 2.75) is 51.7 Å². The lowest BCUT2D eigenvalue weighted by Gasteiger charge is -2.10. The fourth-order valence-electron chi connectivity index (χ4n) is 2.32. The summed E-state index contributed by atoms with van der Waals surface area (Å²) in [6.45, 7) is 9.22. The van der Waals surface area contributed by atoms with Gasteiger partial charge in [0.05, 0.1) is 5.75 Å². The molecule has 1 aromatic carbocycles. The Balaban J connectivity index is 1.98. The van der Waals surface area contributed by atoms with Gasteiger partial charge in [0.25, 0.3) is 0 Å². The first kappa shape index (κ1) is 17.5. The average Bonchev–Trinajstić information content (AvgIpc) is 2.89. The molecule has 23 heavy (non-hydrogen) atoms. The molecule has 0 aliphatic rings. The van der Waals surface area contributed by atoms with Gasteiger partial charge in [-0.3, -0.25) is 4.79 Å². The molecule has 0 radical (unpaired) electrons. The first-order valence-electron chi connectivity index (χ1n) is 7.93. The van der Waals surface area contributed by atoms with E-state index in [0.29, 0.717) is 11.7 Å². The average molecular weight is 332 g/mol. The van der Waals surface area contributed by atoms with Crippen LogP contribution in [0.1, 0.15) is 44.5 Å². The van der Waals surface area contributed by atoms with E-state index in [1.54, 1.807) is 0 Å². The van der Waals surface area contributed by atoms with Gasteiger partial charge in [-0.1, -0.05) is 44.7 Å². The standard InChI is InChI=1S/C17H24N4OS/c1-5-9-21-16(12(2)3)19-20-17(21)23-11-15(22)18-14-8-6-7-13(4)10-14/h6-8,10,12H,5,9,11H2,1-4H3,(H,18,22). The summed E-state index contributed by atoms with van der Waals surface area (Å²) in [5.41, 5.74) is 1.95. The molecular formula is C17H24N4OS. The highest BCUT2D eigenvalue weighted by Gasteiger charge is 2.15. The van der Waals surface area contributed by atoms with Gasteiger partial charge in [-0.05, 0) is 31.0 Å².